The summed E-state index contributed by atoms with van der Waals surface area (Å²) >= 11 is 5.56. The van der Waals surface area contributed by atoms with Crippen LogP contribution >= 0.6 is 11.6 Å². The molecule has 4 heteroatoms. The monoisotopic (exact) mass is 216 g/mol. The molecule has 1 fully saturated rings. The Morgan fingerprint density at radius 2 is 2.29 bits per heavy atom. The summed E-state index contributed by atoms with van der Waals surface area (Å²) in [6.45, 7) is 4.81. The van der Waals surface area contributed by atoms with E-state index in [0.717, 1.165) is 25.8 Å². The third-order valence-corrected chi connectivity index (χ3v) is 2.46. The lowest BCUT2D eigenvalue weighted by molar-refractivity contribution is -0.123. The van der Waals surface area contributed by atoms with Gasteiger partial charge in [-0.05, 0) is 19.4 Å². The zero-order valence-corrected chi connectivity index (χ0v) is 9.07. The lowest BCUT2D eigenvalue weighted by Gasteiger charge is -2.14. The van der Waals surface area contributed by atoms with Crippen LogP contribution in [0.1, 0.15) is 25.7 Å². The Morgan fingerprint density at radius 3 is 3.00 bits per heavy atom. The van der Waals surface area contributed by atoms with E-state index < -0.39 is 0 Å². The summed E-state index contributed by atoms with van der Waals surface area (Å²) in [6, 6.07) is -0.0477. The molecule has 3 nitrogen and oxygen atoms in total. The summed E-state index contributed by atoms with van der Waals surface area (Å²) in [5.74, 6) is 0.0358. The van der Waals surface area contributed by atoms with Crippen molar-refractivity contribution in [2.75, 3.05) is 13.1 Å². The largest absolute Gasteiger partial charge is 0.350 e. The highest BCUT2D eigenvalue weighted by molar-refractivity contribution is 6.29. The average molecular weight is 217 g/mol. The summed E-state index contributed by atoms with van der Waals surface area (Å²) in [5.41, 5.74) is 0. The van der Waals surface area contributed by atoms with E-state index in [9.17, 15) is 4.79 Å². The first-order valence-electron chi connectivity index (χ1n) is 5.04. The van der Waals surface area contributed by atoms with E-state index in [0.29, 0.717) is 11.6 Å². The molecular weight excluding hydrogens is 200 g/mol. The maximum absolute atomic E-state index is 11.6. The van der Waals surface area contributed by atoms with Gasteiger partial charge in [-0.15, -0.1) is 0 Å². The Bertz CT molecular complexity index is 210. The first kappa shape index (κ1) is 11.5. The lowest BCUT2D eigenvalue weighted by Crippen LogP contribution is -2.44. The standard InChI is InChI=1S/C10H17ClN2O/c1-8(11)7-13-10(14)9-5-3-2-4-6-12-9/h9,12H,1-7H2,(H,13,14). The van der Waals surface area contributed by atoms with E-state index in [-0.39, 0.29) is 11.9 Å². The maximum atomic E-state index is 11.6. The van der Waals surface area contributed by atoms with Crippen molar-refractivity contribution in [3.8, 4) is 0 Å². The van der Waals surface area contributed by atoms with Crippen molar-refractivity contribution < 1.29 is 4.79 Å². The van der Waals surface area contributed by atoms with Crippen LogP contribution in [-0.4, -0.2) is 25.0 Å². The number of hydrogen-bond acceptors (Lipinski definition) is 2. The van der Waals surface area contributed by atoms with Crippen LogP contribution in [0.3, 0.4) is 0 Å². The van der Waals surface area contributed by atoms with Crippen molar-refractivity contribution in [2.24, 2.45) is 0 Å². The number of rotatable bonds is 3. The second kappa shape index (κ2) is 6.04. The maximum Gasteiger partial charge on any atom is 0.237 e. The van der Waals surface area contributed by atoms with Gasteiger partial charge in [0.2, 0.25) is 5.91 Å². The second-order valence-corrected chi connectivity index (χ2v) is 4.13. The number of carbonyl (C=O) groups excluding carboxylic acids is 1. The van der Waals surface area contributed by atoms with Crippen molar-refractivity contribution in [3.05, 3.63) is 11.6 Å². The van der Waals surface area contributed by atoms with E-state index in [1.165, 1.54) is 6.42 Å². The van der Waals surface area contributed by atoms with Gasteiger partial charge < -0.3 is 10.6 Å². The first-order chi connectivity index (χ1) is 6.70. The van der Waals surface area contributed by atoms with Crippen LogP contribution < -0.4 is 10.6 Å². The van der Waals surface area contributed by atoms with Gasteiger partial charge in [-0.3, -0.25) is 4.79 Å². The molecule has 80 valence electrons. The Balaban J connectivity index is 2.30. The summed E-state index contributed by atoms with van der Waals surface area (Å²) in [7, 11) is 0. The molecule has 0 aromatic rings. The molecule has 0 radical (unpaired) electrons. The van der Waals surface area contributed by atoms with Crippen LogP contribution in [0.15, 0.2) is 11.6 Å². The van der Waals surface area contributed by atoms with Crippen LogP contribution in [0.4, 0.5) is 0 Å². The third kappa shape index (κ3) is 4.11. The van der Waals surface area contributed by atoms with Gasteiger partial charge >= 0.3 is 0 Å². The minimum absolute atomic E-state index is 0.0358. The number of amides is 1. The number of hydrogen-bond donors (Lipinski definition) is 2. The normalized spacial score (nSPS) is 22.5. The summed E-state index contributed by atoms with van der Waals surface area (Å²) in [6.07, 6.45) is 4.40. The average Bonchev–Trinajstić information content (AvgIpc) is 2.42. The smallest absolute Gasteiger partial charge is 0.237 e. The molecule has 1 heterocycles. The van der Waals surface area contributed by atoms with Crippen molar-refractivity contribution in [3.63, 3.8) is 0 Å². The fourth-order valence-electron chi connectivity index (χ4n) is 1.56. The Hall–Kier alpha value is -0.540. The lowest BCUT2D eigenvalue weighted by atomic mass is 10.1. The highest BCUT2D eigenvalue weighted by Gasteiger charge is 2.18. The van der Waals surface area contributed by atoms with E-state index in [2.05, 4.69) is 17.2 Å². The topological polar surface area (TPSA) is 41.1 Å². The SMILES string of the molecule is C=C(Cl)CNC(=O)C1CCCCCN1. The minimum Gasteiger partial charge on any atom is -0.350 e. The van der Waals surface area contributed by atoms with Gasteiger partial charge in [0.05, 0.1) is 12.6 Å². The second-order valence-electron chi connectivity index (χ2n) is 3.59. The van der Waals surface area contributed by atoms with Gasteiger partial charge in [-0.25, -0.2) is 0 Å². The molecule has 2 N–H and O–H groups in total. The van der Waals surface area contributed by atoms with Gasteiger partial charge in [-0.2, -0.15) is 0 Å². The van der Waals surface area contributed by atoms with Crippen LogP contribution in [0.25, 0.3) is 0 Å². The van der Waals surface area contributed by atoms with Gasteiger partial charge in [0.1, 0.15) is 0 Å². The highest BCUT2D eigenvalue weighted by atomic mass is 35.5. The zero-order valence-electron chi connectivity index (χ0n) is 8.31. The molecule has 0 spiro atoms. The van der Waals surface area contributed by atoms with Crippen LogP contribution in [0, 0.1) is 0 Å². The van der Waals surface area contributed by atoms with E-state index in [1.54, 1.807) is 0 Å². The van der Waals surface area contributed by atoms with Crippen LogP contribution in [0.2, 0.25) is 0 Å². The summed E-state index contributed by atoms with van der Waals surface area (Å²) in [4.78, 5) is 11.6. The van der Waals surface area contributed by atoms with Crippen molar-refractivity contribution in [1.82, 2.24) is 10.6 Å². The fourth-order valence-corrected chi connectivity index (χ4v) is 1.63. The number of nitrogens with one attached hydrogen (secondary N) is 2. The predicted octanol–water partition coefficient (Wildman–Crippen LogP) is 1.39. The molecule has 0 aromatic heterocycles. The van der Waals surface area contributed by atoms with Crippen LogP contribution in [0.5, 0.6) is 0 Å². The van der Waals surface area contributed by atoms with Crippen molar-refractivity contribution in [1.29, 1.82) is 0 Å². The molecule has 0 aromatic carbocycles. The van der Waals surface area contributed by atoms with Crippen molar-refractivity contribution >= 4 is 17.5 Å². The minimum atomic E-state index is -0.0477. The molecule has 1 saturated heterocycles. The molecular formula is C10H17ClN2O. The van der Waals surface area contributed by atoms with Gasteiger partial charge in [0.15, 0.2) is 0 Å². The molecule has 1 atom stereocenters. The first-order valence-corrected chi connectivity index (χ1v) is 5.42. The highest BCUT2D eigenvalue weighted by Crippen LogP contribution is 2.08. The molecule has 1 aliphatic rings. The molecule has 0 bridgehead atoms. The molecule has 1 unspecified atom stereocenters. The predicted molar refractivity (Wildman–Crippen MR) is 58.3 cm³/mol. The van der Waals surface area contributed by atoms with Gasteiger partial charge in [0, 0.05) is 5.03 Å². The van der Waals surface area contributed by atoms with Gasteiger partial charge in [0.25, 0.3) is 0 Å². The number of halogens is 1. The number of carbonyl (C=O) groups is 1. The van der Waals surface area contributed by atoms with E-state index in [4.69, 9.17) is 11.6 Å². The van der Waals surface area contributed by atoms with Crippen molar-refractivity contribution in [2.45, 2.75) is 31.7 Å². The molecule has 1 amide bonds. The summed E-state index contributed by atoms with van der Waals surface area (Å²) in [5, 5.41) is 6.43. The molecule has 1 rings (SSSR count). The van der Waals surface area contributed by atoms with Gasteiger partial charge in [-0.1, -0.05) is 31.0 Å². The summed E-state index contributed by atoms with van der Waals surface area (Å²) < 4.78 is 0. The van der Waals surface area contributed by atoms with Crippen LogP contribution in [-0.2, 0) is 4.79 Å². The fraction of sp³-hybridized carbons (Fsp3) is 0.700. The molecule has 0 aliphatic carbocycles. The van der Waals surface area contributed by atoms with E-state index >= 15 is 0 Å². The molecule has 1 aliphatic heterocycles. The van der Waals surface area contributed by atoms with E-state index in [1.807, 2.05) is 0 Å². The Kier molecular flexibility index (Phi) is 4.98. The quantitative estimate of drug-likeness (QED) is 0.749. The molecule has 14 heavy (non-hydrogen) atoms. The third-order valence-electron chi connectivity index (χ3n) is 2.33. The Labute approximate surface area is 89.9 Å². The Morgan fingerprint density at radius 1 is 1.50 bits per heavy atom. The zero-order chi connectivity index (χ0) is 10.4. The molecule has 0 saturated carbocycles.